The van der Waals surface area contributed by atoms with Gasteiger partial charge in [-0.15, -0.1) is 0 Å². The van der Waals surface area contributed by atoms with Crippen LogP contribution in [0.25, 0.3) is 0 Å². The predicted molar refractivity (Wildman–Crippen MR) is 66.4 cm³/mol. The fourth-order valence-electron chi connectivity index (χ4n) is 5.04. The molecule has 6 unspecified atom stereocenters. The zero-order valence-corrected chi connectivity index (χ0v) is 11.4. The molecule has 0 aromatic heterocycles. The number of hydrogen-bond donors (Lipinski definition) is 1. The first-order valence-electron chi connectivity index (χ1n) is 7.03. The van der Waals surface area contributed by atoms with Crippen LogP contribution in [0.2, 0.25) is 0 Å². The van der Waals surface area contributed by atoms with Crippen LogP contribution in [0.3, 0.4) is 0 Å². The molecule has 0 radical (unpaired) electrons. The van der Waals surface area contributed by atoms with Crippen LogP contribution in [-0.2, 0) is 4.79 Å². The van der Waals surface area contributed by atoms with E-state index in [2.05, 4.69) is 20.8 Å². The molecule has 2 nitrogen and oxygen atoms in total. The van der Waals surface area contributed by atoms with Crippen LogP contribution >= 0.6 is 0 Å². The number of rotatable bonds is 0. The SMILES string of the molecule is CC1CCC2C1C1C(CC(=O)C2(C)O)C1(C)C. The first-order chi connectivity index (χ1) is 7.78. The second-order valence-electron chi connectivity index (χ2n) is 7.47. The molecule has 0 bridgehead atoms. The van der Waals surface area contributed by atoms with Gasteiger partial charge in [0, 0.05) is 6.42 Å². The fraction of sp³-hybridized carbons (Fsp3) is 0.933. The van der Waals surface area contributed by atoms with Crippen molar-refractivity contribution in [3.8, 4) is 0 Å². The monoisotopic (exact) mass is 236 g/mol. The maximum atomic E-state index is 12.3. The van der Waals surface area contributed by atoms with Gasteiger partial charge in [-0.2, -0.15) is 0 Å². The molecule has 6 atom stereocenters. The summed E-state index contributed by atoms with van der Waals surface area (Å²) in [7, 11) is 0. The minimum absolute atomic E-state index is 0.0969. The Balaban J connectivity index is 2.01. The normalized spacial score (nSPS) is 56.1. The molecule has 1 N–H and O–H groups in total. The summed E-state index contributed by atoms with van der Waals surface area (Å²) < 4.78 is 0. The minimum atomic E-state index is -1.06. The lowest BCUT2D eigenvalue weighted by Crippen LogP contribution is -2.45. The van der Waals surface area contributed by atoms with E-state index in [-0.39, 0.29) is 11.7 Å². The number of Topliss-reactive ketones (excluding diaryl/α,β-unsaturated/α-hetero) is 1. The van der Waals surface area contributed by atoms with Crippen molar-refractivity contribution in [2.24, 2.45) is 35.0 Å². The average molecular weight is 236 g/mol. The number of aliphatic hydroxyl groups is 1. The van der Waals surface area contributed by atoms with E-state index in [1.165, 1.54) is 6.42 Å². The van der Waals surface area contributed by atoms with Gasteiger partial charge in [0.05, 0.1) is 0 Å². The Morgan fingerprint density at radius 2 is 1.82 bits per heavy atom. The van der Waals surface area contributed by atoms with Gasteiger partial charge in [-0.3, -0.25) is 4.79 Å². The van der Waals surface area contributed by atoms with Crippen LogP contribution < -0.4 is 0 Å². The van der Waals surface area contributed by atoms with Gasteiger partial charge in [0.25, 0.3) is 0 Å². The summed E-state index contributed by atoms with van der Waals surface area (Å²) >= 11 is 0. The first kappa shape index (κ1) is 11.7. The Bertz CT molecular complexity index is 369. The summed E-state index contributed by atoms with van der Waals surface area (Å²) in [6.07, 6.45) is 2.81. The maximum absolute atomic E-state index is 12.3. The van der Waals surface area contributed by atoms with Gasteiger partial charge in [0.15, 0.2) is 5.78 Å². The molecule has 0 heterocycles. The molecule has 0 saturated heterocycles. The van der Waals surface area contributed by atoms with Crippen molar-refractivity contribution in [3.05, 3.63) is 0 Å². The molecule has 0 spiro atoms. The third kappa shape index (κ3) is 1.34. The topological polar surface area (TPSA) is 37.3 Å². The molecule has 3 aliphatic carbocycles. The maximum Gasteiger partial charge on any atom is 0.164 e. The quantitative estimate of drug-likeness (QED) is 0.702. The van der Waals surface area contributed by atoms with E-state index in [9.17, 15) is 9.90 Å². The van der Waals surface area contributed by atoms with Crippen LogP contribution in [0.15, 0.2) is 0 Å². The molecular formula is C15H24O2. The molecule has 0 aromatic rings. The van der Waals surface area contributed by atoms with Crippen molar-refractivity contribution < 1.29 is 9.90 Å². The predicted octanol–water partition coefficient (Wildman–Crippen LogP) is 2.64. The van der Waals surface area contributed by atoms with Gasteiger partial charge >= 0.3 is 0 Å². The Hall–Kier alpha value is -0.370. The van der Waals surface area contributed by atoms with Gasteiger partial charge in [-0.1, -0.05) is 27.2 Å². The molecule has 0 aliphatic heterocycles. The second kappa shape index (κ2) is 3.14. The summed E-state index contributed by atoms with van der Waals surface area (Å²) in [5.74, 6) is 2.74. The van der Waals surface area contributed by atoms with E-state index in [1.807, 2.05) is 0 Å². The van der Waals surface area contributed by atoms with Gasteiger partial charge in [-0.05, 0) is 48.3 Å². The molecule has 3 rings (SSSR count). The van der Waals surface area contributed by atoms with Crippen molar-refractivity contribution in [1.29, 1.82) is 0 Å². The van der Waals surface area contributed by atoms with E-state index < -0.39 is 5.60 Å². The lowest BCUT2D eigenvalue weighted by atomic mass is 9.74. The molecule has 96 valence electrons. The van der Waals surface area contributed by atoms with E-state index in [0.717, 1.165) is 6.42 Å². The van der Waals surface area contributed by atoms with E-state index in [1.54, 1.807) is 6.92 Å². The Labute approximate surface area is 104 Å². The molecule has 17 heavy (non-hydrogen) atoms. The standard InChI is InChI=1S/C15H24O2/c1-8-5-6-9-12(8)13-10(14(13,2)3)7-11(16)15(9,4)17/h8-10,12-13,17H,5-7H2,1-4H3. The Morgan fingerprint density at radius 3 is 2.47 bits per heavy atom. The lowest BCUT2D eigenvalue weighted by Gasteiger charge is -2.34. The highest BCUT2D eigenvalue weighted by Crippen LogP contribution is 2.70. The number of hydrogen-bond acceptors (Lipinski definition) is 2. The second-order valence-corrected chi connectivity index (χ2v) is 7.47. The molecule has 0 aromatic carbocycles. The van der Waals surface area contributed by atoms with E-state index >= 15 is 0 Å². The molecule has 3 fully saturated rings. The van der Waals surface area contributed by atoms with Gasteiger partial charge in [-0.25, -0.2) is 0 Å². The molecule has 3 saturated carbocycles. The first-order valence-corrected chi connectivity index (χ1v) is 7.03. The van der Waals surface area contributed by atoms with Crippen molar-refractivity contribution in [3.63, 3.8) is 0 Å². The van der Waals surface area contributed by atoms with Crippen LogP contribution in [0.1, 0.15) is 47.0 Å². The largest absolute Gasteiger partial charge is 0.382 e. The van der Waals surface area contributed by atoms with Crippen LogP contribution in [0, 0.1) is 35.0 Å². The minimum Gasteiger partial charge on any atom is -0.382 e. The third-order valence-electron chi connectivity index (χ3n) is 6.30. The van der Waals surface area contributed by atoms with E-state index in [4.69, 9.17) is 0 Å². The number of carbonyl (C=O) groups is 1. The summed E-state index contributed by atoms with van der Waals surface area (Å²) in [5.41, 5.74) is -0.730. The van der Waals surface area contributed by atoms with Crippen molar-refractivity contribution in [2.75, 3.05) is 0 Å². The fourth-order valence-corrected chi connectivity index (χ4v) is 5.04. The highest BCUT2D eigenvalue weighted by molar-refractivity contribution is 5.88. The van der Waals surface area contributed by atoms with Crippen LogP contribution in [0.5, 0.6) is 0 Å². The third-order valence-corrected chi connectivity index (χ3v) is 6.30. The molecule has 0 amide bonds. The van der Waals surface area contributed by atoms with E-state index in [0.29, 0.717) is 35.5 Å². The zero-order valence-electron chi connectivity index (χ0n) is 11.4. The number of carbonyl (C=O) groups excluding carboxylic acids is 1. The lowest BCUT2D eigenvalue weighted by molar-refractivity contribution is -0.142. The summed E-state index contributed by atoms with van der Waals surface area (Å²) in [4.78, 5) is 12.3. The molecule has 2 heteroatoms. The van der Waals surface area contributed by atoms with Gasteiger partial charge in [0.1, 0.15) is 5.60 Å². The Morgan fingerprint density at radius 1 is 1.18 bits per heavy atom. The van der Waals surface area contributed by atoms with Crippen molar-refractivity contribution >= 4 is 5.78 Å². The number of fused-ring (bicyclic) bond motifs is 3. The van der Waals surface area contributed by atoms with Crippen molar-refractivity contribution in [2.45, 2.75) is 52.6 Å². The molecular weight excluding hydrogens is 212 g/mol. The number of ketones is 1. The van der Waals surface area contributed by atoms with Crippen LogP contribution in [0.4, 0.5) is 0 Å². The smallest absolute Gasteiger partial charge is 0.164 e. The summed E-state index contributed by atoms with van der Waals surface area (Å²) in [6.45, 7) is 8.68. The highest BCUT2D eigenvalue weighted by Gasteiger charge is 2.68. The van der Waals surface area contributed by atoms with Gasteiger partial charge in [0.2, 0.25) is 0 Å². The van der Waals surface area contributed by atoms with Gasteiger partial charge < -0.3 is 5.11 Å². The highest BCUT2D eigenvalue weighted by atomic mass is 16.3. The molecule has 3 aliphatic rings. The average Bonchev–Trinajstić information content (AvgIpc) is 2.58. The Kier molecular flexibility index (Phi) is 2.16. The van der Waals surface area contributed by atoms with Crippen molar-refractivity contribution in [1.82, 2.24) is 0 Å². The summed E-state index contributed by atoms with van der Waals surface area (Å²) in [6, 6.07) is 0. The zero-order chi connectivity index (χ0) is 12.6. The summed E-state index contributed by atoms with van der Waals surface area (Å²) in [5, 5.41) is 10.6. The van der Waals surface area contributed by atoms with Crippen LogP contribution in [-0.4, -0.2) is 16.5 Å².